The van der Waals surface area contributed by atoms with Gasteiger partial charge in [-0.25, -0.2) is 4.79 Å². The molecule has 0 N–H and O–H groups in total. The molecule has 1 fully saturated rings. The lowest BCUT2D eigenvalue weighted by Gasteiger charge is -2.27. The number of benzene rings is 1. The molecule has 0 aromatic heterocycles. The van der Waals surface area contributed by atoms with Gasteiger partial charge in [-0.3, -0.25) is 0 Å². The number of fused-ring (bicyclic) bond motifs is 3. The Morgan fingerprint density at radius 3 is 2.50 bits per heavy atom. The first-order valence-electron chi connectivity index (χ1n) is 8.50. The van der Waals surface area contributed by atoms with Crippen LogP contribution in [0.4, 0.5) is 18.0 Å². The van der Waals surface area contributed by atoms with Gasteiger partial charge in [0.2, 0.25) is 0 Å². The van der Waals surface area contributed by atoms with Crippen LogP contribution in [0.1, 0.15) is 37.8 Å². The van der Waals surface area contributed by atoms with Gasteiger partial charge in [-0.05, 0) is 44.0 Å². The van der Waals surface area contributed by atoms with Gasteiger partial charge in [0.15, 0.2) is 0 Å². The highest BCUT2D eigenvalue weighted by atomic mass is 32.2. The zero-order valence-electron chi connectivity index (χ0n) is 15.4. The Bertz CT molecular complexity index is 878. The average Bonchev–Trinajstić information content (AvgIpc) is 2.96. The summed E-state index contributed by atoms with van der Waals surface area (Å²) in [7, 11) is -5.74. The number of amides is 1. The van der Waals surface area contributed by atoms with Gasteiger partial charge in [0.05, 0.1) is 19.3 Å². The number of carbonyl (C=O) groups is 1. The minimum atomic E-state index is -5.74. The van der Waals surface area contributed by atoms with E-state index in [2.05, 4.69) is 4.18 Å². The summed E-state index contributed by atoms with van der Waals surface area (Å²) < 4.78 is 75.0. The zero-order chi connectivity index (χ0) is 20.9. The fraction of sp³-hybridized carbons (Fsp3) is 0.588. The Kier molecular flexibility index (Phi) is 5.03. The predicted octanol–water partition coefficient (Wildman–Crippen LogP) is 3.15. The molecule has 1 aromatic carbocycles. The quantitative estimate of drug-likeness (QED) is 0.537. The molecule has 11 heteroatoms. The van der Waals surface area contributed by atoms with Gasteiger partial charge < -0.3 is 18.6 Å². The summed E-state index contributed by atoms with van der Waals surface area (Å²) in [6.45, 7) is 6.01. The molecule has 1 saturated heterocycles. The van der Waals surface area contributed by atoms with E-state index in [-0.39, 0.29) is 18.6 Å². The second-order valence-corrected chi connectivity index (χ2v) is 9.22. The van der Waals surface area contributed by atoms with Crippen molar-refractivity contribution in [1.82, 2.24) is 4.90 Å². The number of likely N-dealkylation sites (tertiary alicyclic amines) is 1. The van der Waals surface area contributed by atoms with Crippen molar-refractivity contribution in [1.29, 1.82) is 0 Å². The highest BCUT2D eigenvalue weighted by molar-refractivity contribution is 7.88. The van der Waals surface area contributed by atoms with Crippen LogP contribution in [0, 0.1) is 0 Å². The summed E-state index contributed by atoms with van der Waals surface area (Å²) >= 11 is 0. The van der Waals surface area contributed by atoms with Crippen molar-refractivity contribution in [3.63, 3.8) is 0 Å². The third-order valence-electron chi connectivity index (χ3n) is 4.37. The Morgan fingerprint density at radius 1 is 1.21 bits per heavy atom. The van der Waals surface area contributed by atoms with Gasteiger partial charge in [-0.2, -0.15) is 21.6 Å². The predicted molar refractivity (Wildman–Crippen MR) is 91.2 cm³/mol. The molecule has 1 aromatic rings. The van der Waals surface area contributed by atoms with Crippen molar-refractivity contribution in [3.05, 3.63) is 29.3 Å². The molecule has 1 amide bonds. The lowest BCUT2D eigenvalue weighted by molar-refractivity contribution is -0.0500. The number of alkyl halides is 3. The van der Waals surface area contributed by atoms with Gasteiger partial charge in [-0.15, -0.1) is 0 Å². The van der Waals surface area contributed by atoms with Gasteiger partial charge in [-0.1, -0.05) is 6.07 Å². The van der Waals surface area contributed by atoms with E-state index in [0.717, 1.165) is 5.56 Å². The van der Waals surface area contributed by atoms with E-state index in [0.29, 0.717) is 18.7 Å². The summed E-state index contributed by atoms with van der Waals surface area (Å²) in [4.78, 5) is 13.8. The van der Waals surface area contributed by atoms with Crippen LogP contribution in [0.2, 0.25) is 0 Å². The second kappa shape index (κ2) is 6.80. The first-order chi connectivity index (χ1) is 12.8. The minimum absolute atomic E-state index is 0.0714. The number of ether oxygens (including phenoxy) is 2. The molecular formula is C17H20F3NO6S. The number of carbonyl (C=O) groups excluding carboxylic acids is 1. The number of nitrogens with zero attached hydrogens (tertiary/aromatic N) is 1. The fourth-order valence-electron chi connectivity index (χ4n) is 3.21. The third kappa shape index (κ3) is 4.19. The maximum absolute atomic E-state index is 12.5. The fourth-order valence-corrected chi connectivity index (χ4v) is 3.66. The Labute approximate surface area is 160 Å². The normalized spacial score (nSPS) is 22.4. The maximum atomic E-state index is 12.5. The molecule has 0 spiro atoms. The topological polar surface area (TPSA) is 82.1 Å². The molecule has 28 heavy (non-hydrogen) atoms. The molecular weight excluding hydrogens is 403 g/mol. The molecule has 0 unspecified atom stereocenters. The molecule has 2 aliphatic heterocycles. The van der Waals surface area contributed by atoms with E-state index in [1.807, 2.05) is 0 Å². The molecule has 0 saturated carbocycles. The highest BCUT2D eigenvalue weighted by Gasteiger charge is 2.49. The standard InChI is InChI=1S/C17H20F3NO6S/c1-16(2,3)26-15(22)21-7-13-12-5-4-11(27-28(23,24)17(18,19)20)6-10(12)9-25-14(13)8-21/h4-6,13-14H,7-9H2,1-3H3/t13-,14-/m0/s1. The van der Waals surface area contributed by atoms with Gasteiger partial charge in [0.1, 0.15) is 11.4 Å². The molecule has 2 atom stereocenters. The van der Waals surface area contributed by atoms with Crippen molar-refractivity contribution in [2.75, 3.05) is 13.1 Å². The Hall–Kier alpha value is -2.01. The SMILES string of the molecule is CC(C)(C)OC(=O)N1C[C@@H]2OCc3cc(OS(=O)(=O)C(F)(F)F)ccc3[C@@H]2C1. The molecule has 2 aliphatic rings. The molecule has 0 aliphatic carbocycles. The molecule has 156 valence electrons. The van der Waals surface area contributed by atoms with Gasteiger partial charge in [0.25, 0.3) is 0 Å². The van der Waals surface area contributed by atoms with Crippen LogP contribution in [-0.2, 0) is 26.2 Å². The van der Waals surface area contributed by atoms with Crippen LogP contribution in [0.25, 0.3) is 0 Å². The molecule has 0 bridgehead atoms. The molecule has 7 nitrogen and oxygen atoms in total. The number of hydrogen-bond acceptors (Lipinski definition) is 6. The van der Waals surface area contributed by atoms with Crippen LogP contribution < -0.4 is 4.18 Å². The third-order valence-corrected chi connectivity index (χ3v) is 5.35. The van der Waals surface area contributed by atoms with Crippen molar-refractivity contribution >= 4 is 16.2 Å². The van der Waals surface area contributed by atoms with E-state index in [1.54, 1.807) is 20.8 Å². The average molecular weight is 423 g/mol. The summed E-state index contributed by atoms with van der Waals surface area (Å²) in [6.07, 6.45) is -0.742. The monoisotopic (exact) mass is 423 g/mol. The van der Waals surface area contributed by atoms with Crippen molar-refractivity contribution < 1.29 is 40.0 Å². The van der Waals surface area contributed by atoms with E-state index in [4.69, 9.17) is 9.47 Å². The first-order valence-corrected chi connectivity index (χ1v) is 9.91. The second-order valence-electron chi connectivity index (χ2n) is 7.69. The summed E-state index contributed by atoms with van der Waals surface area (Å²) in [6, 6.07) is 3.89. The van der Waals surface area contributed by atoms with Crippen molar-refractivity contribution in [2.24, 2.45) is 0 Å². The molecule has 0 radical (unpaired) electrons. The van der Waals surface area contributed by atoms with E-state index >= 15 is 0 Å². The number of halogens is 3. The maximum Gasteiger partial charge on any atom is 0.534 e. The molecule has 2 heterocycles. The molecule has 3 rings (SSSR count). The van der Waals surface area contributed by atoms with Gasteiger partial charge in [0, 0.05) is 12.5 Å². The first kappa shape index (κ1) is 20.7. The largest absolute Gasteiger partial charge is 0.534 e. The van der Waals surface area contributed by atoms with Crippen LogP contribution in [0.5, 0.6) is 5.75 Å². The van der Waals surface area contributed by atoms with Gasteiger partial charge >= 0.3 is 21.7 Å². The lowest BCUT2D eigenvalue weighted by atomic mass is 9.89. The highest BCUT2D eigenvalue weighted by Crippen LogP contribution is 2.39. The van der Waals surface area contributed by atoms with E-state index < -0.39 is 33.1 Å². The number of hydrogen-bond donors (Lipinski definition) is 0. The van der Waals surface area contributed by atoms with Crippen molar-refractivity contribution in [2.45, 2.75) is 50.5 Å². The van der Waals surface area contributed by atoms with Crippen molar-refractivity contribution in [3.8, 4) is 5.75 Å². The summed E-state index contributed by atoms with van der Waals surface area (Å²) in [5, 5.41) is 0. The van der Waals surface area contributed by atoms with E-state index in [1.165, 1.54) is 23.1 Å². The Balaban J connectivity index is 1.77. The smallest absolute Gasteiger partial charge is 0.444 e. The Morgan fingerprint density at radius 2 is 1.89 bits per heavy atom. The number of rotatable bonds is 2. The lowest BCUT2D eigenvalue weighted by Crippen LogP contribution is -2.36. The van der Waals surface area contributed by atoms with Crippen LogP contribution in [-0.4, -0.2) is 49.7 Å². The zero-order valence-corrected chi connectivity index (χ0v) is 16.3. The van der Waals surface area contributed by atoms with E-state index in [9.17, 15) is 26.4 Å². The van der Waals surface area contributed by atoms with Crippen LogP contribution in [0.15, 0.2) is 18.2 Å². The summed E-state index contributed by atoms with van der Waals surface area (Å²) in [5.41, 5.74) is -4.86. The van der Waals surface area contributed by atoms with Crippen LogP contribution >= 0.6 is 0 Å². The minimum Gasteiger partial charge on any atom is -0.444 e. The summed E-state index contributed by atoms with van der Waals surface area (Å²) in [5.74, 6) is -0.635. The van der Waals surface area contributed by atoms with Crippen LogP contribution in [0.3, 0.4) is 0 Å².